The first-order chi connectivity index (χ1) is 8.59. The van der Waals surface area contributed by atoms with Gasteiger partial charge in [-0.2, -0.15) is 0 Å². The summed E-state index contributed by atoms with van der Waals surface area (Å²) in [5.41, 5.74) is -0.608. The molecule has 96 valence electrons. The number of aliphatic hydroxyl groups excluding tert-OH is 1. The molecule has 1 atom stereocenters. The van der Waals surface area contributed by atoms with Crippen LogP contribution in [0.25, 0.3) is 0 Å². The lowest BCUT2D eigenvalue weighted by molar-refractivity contribution is -0.131. The van der Waals surface area contributed by atoms with Gasteiger partial charge in [-0.25, -0.2) is 4.79 Å². The molecule has 0 spiro atoms. The Hall–Kier alpha value is -1.95. The van der Waals surface area contributed by atoms with E-state index in [2.05, 4.69) is 10.3 Å². The van der Waals surface area contributed by atoms with Gasteiger partial charge in [0.2, 0.25) is 0 Å². The van der Waals surface area contributed by atoms with Crippen molar-refractivity contribution < 1.29 is 14.7 Å². The molecular formula is C12H15N3O3. The van der Waals surface area contributed by atoms with Crippen LogP contribution < -0.4 is 5.32 Å². The Bertz CT molecular complexity index is 463. The zero-order valence-corrected chi connectivity index (χ0v) is 10.1. The third-order valence-electron chi connectivity index (χ3n) is 2.99. The van der Waals surface area contributed by atoms with E-state index >= 15 is 0 Å². The Morgan fingerprint density at radius 3 is 2.83 bits per heavy atom. The van der Waals surface area contributed by atoms with Gasteiger partial charge in [-0.15, -0.1) is 0 Å². The van der Waals surface area contributed by atoms with Crippen molar-refractivity contribution in [1.82, 2.24) is 15.2 Å². The maximum absolute atomic E-state index is 12.3. The zero-order chi connectivity index (χ0) is 13.2. The standard InChI is InChI=1S/C12H15N3O3/c1-12(9-5-2-3-6-13-9)10(17)15(7-4-8-16)11(18)14-12/h2-3,5-6,16H,4,7-8H2,1H3,(H,14,18). The first kappa shape index (κ1) is 12.5. The number of rotatable bonds is 4. The fourth-order valence-corrected chi connectivity index (χ4v) is 1.96. The summed E-state index contributed by atoms with van der Waals surface area (Å²) in [4.78, 5) is 29.3. The third-order valence-corrected chi connectivity index (χ3v) is 2.99. The predicted octanol–water partition coefficient (Wildman–Crippen LogP) is 0.231. The molecule has 3 amide bonds. The number of nitrogens with one attached hydrogen (secondary N) is 1. The highest BCUT2D eigenvalue weighted by Gasteiger charge is 2.49. The molecule has 1 unspecified atom stereocenters. The van der Waals surface area contributed by atoms with Gasteiger partial charge in [0, 0.05) is 19.3 Å². The molecule has 0 aromatic carbocycles. The highest BCUT2D eigenvalue weighted by Crippen LogP contribution is 2.26. The maximum Gasteiger partial charge on any atom is 0.325 e. The lowest BCUT2D eigenvalue weighted by Gasteiger charge is -2.20. The Morgan fingerprint density at radius 2 is 2.22 bits per heavy atom. The quantitative estimate of drug-likeness (QED) is 0.748. The third kappa shape index (κ3) is 1.95. The topological polar surface area (TPSA) is 82.5 Å². The highest BCUT2D eigenvalue weighted by molar-refractivity contribution is 6.06. The SMILES string of the molecule is CC1(c2ccccn2)NC(=O)N(CCCO)C1=O. The van der Waals surface area contributed by atoms with E-state index in [1.165, 1.54) is 0 Å². The average Bonchev–Trinajstić information content (AvgIpc) is 2.60. The van der Waals surface area contributed by atoms with Gasteiger partial charge in [0.1, 0.15) is 0 Å². The molecule has 0 radical (unpaired) electrons. The van der Waals surface area contributed by atoms with E-state index in [1.807, 2.05) is 0 Å². The van der Waals surface area contributed by atoms with Crippen molar-refractivity contribution in [3.63, 3.8) is 0 Å². The fourth-order valence-electron chi connectivity index (χ4n) is 1.96. The van der Waals surface area contributed by atoms with Gasteiger partial charge < -0.3 is 10.4 Å². The molecule has 0 bridgehead atoms. The van der Waals surface area contributed by atoms with Crippen LogP contribution in [0.5, 0.6) is 0 Å². The molecule has 6 heteroatoms. The van der Waals surface area contributed by atoms with Gasteiger partial charge in [-0.3, -0.25) is 14.7 Å². The predicted molar refractivity (Wildman–Crippen MR) is 63.5 cm³/mol. The second kappa shape index (κ2) is 4.73. The van der Waals surface area contributed by atoms with Crippen molar-refractivity contribution >= 4 is 11.9 Å². The lowest BCUT2D eigenvalue weighted by Crippen LogP contribution is -2.41. The second-order valence-electron chi connectivity index (χ2n) is 4.30. The number of pyridine rings is 1. The molecule has 1 saturated heterocycles. The average molecular weight is 249 g/mol. The van der Waals surface area contributed by atoms with Gasteiger partial charge in [0.25, 0.3) is 5.91 Å². The number of nitrogens with zero attached hydrogens (tertiary/aromatic N) is 2. The number of aromatic nitrogens is 1. The smallest absolute Gasteiger partial charge is 0.325 e. The summed E-state index contributed by atoms with van der Waals surface area (Å²) < 4.78 is 0. The number of urea groups is 1. The number of carbonyl (C=O) groups is 2. The minimum absolute atomic E-state index is 0.0582. The molecule has 0 saturated carbocycles. The van der Waals surface area contributed by atoms with E-state index in [-0.39, 0.29) is 19.1 Å². The van der Waals surface area contributed by atoms with Crippen molar-refractivity contribution in [2.45, 2.75) is 18.9 Å². The summed E-state index contributed by atoms with van der Waals surface area (Å²) in [5.74, 6) is -0.334. The maximum atomic E-state index is 12.3. The summed E-state index contributed by atoms with van der Waals surface area (Å²) in [6.45, 7) is 1.79. The van der Waals surface area contributed by atoms with E-state index in [1.54, 1.807) is 31.3 Å². The van der Waals surface area contributed by atoms with E-state index in [9.17, 15) is 9.59 Å². The van der Waals surface area contributed by atoms with Crippen LogP contribution >= 0.6 is 0 Å². The molecule has 18 heavy (non-hydrogen) atoms. The van der Waals surface area contributed by atoms with Crippen LogP contribution in [0.1, 0.15) is 19.0 Å². The van der Waals surface area contributed by atoms with Gasteiger partial charge in [-0.1, -0.05) is 6.07 Å². The van der Waals surface area contributed by atoms with Crippen LogP contribution in [0.4, 0.5) is 4.79 Å². The Kier molecular flexibility index (Phi) is 3.29. The van der Waals surface area contributed by atoms with Crippen LogP contribution in [-0.2, 0) is 10.3 Å². The minimum atomic E-state index is -1.12. The van der Waals surface area contributed by atoms with Gasteiger partial charge in [-0.05, 0) is 25.5 Å². The molecule has 1 aromatic rings. The molecule has 6 nitrogen and oxygen atoms in total. The van der Waals surface area contributed by atoms with E-state index in [4.69, 9.17) is 5.11 Å². The molecule has 1 aliphatic heterocycles. The number of hydrogen-bond acceptors (Lipinski definition) is 4. The Balaban J connectivity index is 2.26. The zero-order valence-electron chi connectivity index (χ0n) is 10.1. The van der Waals surface area contributed by atoms with Crippen LogP contribution in [0.2, 0.25) is 0 Å². The minimum Gasteiger partial charge on any atom is -0.396 e. The number of imide groups is 1. The van der Waals surface area contributed by atoms with Gasteiger partial charge >= 0.3 is 6.03 Å². The number of carbonyl (C=O) groups excluding carboxylic acids is 2. The Labute approximate surface area is 105 Å². The summed E-state index contributed by atoms with van der Waals surface area (Å²) >= 11 is 0. The second-order valence-corrected chi connectivity index (χ2v) is 4.30. The number of amides is 3. The first-order valence-electron chi connectivity index (χ1n) is 5.76. The number of hydrogen-bond donors (Lipinski definition) is 2. The van der Waals surface area contributed by atoms with Crippen LogP contribution in [-0.4, -0.2) is 40.1 Å². The molecule has 2 heterocycles. The Morgan fingerprint density at radius 1 is 1.44 bits per heavy atom. The molecule has 2 rings (SSSR count). The summed E-state index contributed by atoms with van der Waals surface area (Å²) in [7, 11) is 0. The molecule has 1 aromatic heterocycles. The lowest BCUT2D eigenvalue weighted by atomic mass is 9.97. The van der Waals surface area contributed by atoms with Crippen molar-refractivity contribution in [2.24, 2.45) is 0 Å². The van der Waals surface area contributed by atoms with Crippen molar-refractivity contribution in [3.8, 4) is 0 Å². The van der Waals surface area contributed by atoms with Gasteiger partial charge in [0.05, 0.1) is 5.69 Å². The highest BCUT2D eigenvalue weighted by atomic mass is 16.3. The van der Waals surface area contributed by atoms with Crippen molar-refractivity contribution in [2.75, 3.05) is 13.2 Å². The molecule has 1 aliphatic rings. The van der Waals surface area contributed by atoms with Gasteiger partial charge in [0.15, 0.2) is 5.54 Å². The summed E-state index contributed by atoms with van der Waals surface area (Å²) in [6.07, 6.45) is 1.95. The van der Waals surface area contributed by atoms with Crippen molar-refractivity contribution in [3.05, 3.63) is 30.1 Å². The normalized spacial score (nSPS) is 23.3. The van der Waals surface area contributed by atoms with Crippen LogP contribution in [0, 0.1) is 0 Å². The first-order valence-corrected chi connectivity index (χ1v) is 5.76. The van der Waals surface area contributed by atoms with Crippen molar-refractivity contribution in [1.29, 1.82) is 0 Å². The van der Waals surface area contributed by atoms with Crippen LogP contribution in [0.15, 0.2) is 24.4 Å². The summed E-state index contributed by atoms with van der Waals surface area (Å²) in [6, 6.07) is 4.77. The summed E-state index contributed by atoms with van der Waals surface area (Å²) in [5, 5.41) is 11.4. The van der Waals surface area contributed by atoms with Crippen LogP contribution in [0.3, 0.4) is 0 Å². The number of aliphatic hydroxyl groups is 1. The molecular weight excluding hydrogens is 234 g/mol. The fraction of sp³-hybridized carbons (Fsp3) is 0.417. The molecule has 1 fully saturated rings. The largest absolute Gasteiger partial charge is 0.396 e. The van der Waals surface area contributed by atoms with E-state index < -0.39 is 11.6 Å². The van der Waals surface area contributed by atoms with E-state index in [0.717, 1.165) is 4.90 Å². The van der Waals surface area contributed by atoms with E-state index in [0.29, 0.717) is 12.1 Å². The molecule has 0 aliphatic carbocycles. The molecule has 2 N–H and O–H groups in total. The monoisotopic (exact) mass is 249 g/mol.